The molecule has 146 valence electrons. The molecule has 2 rings (SSSR count). The molecule has 0 atom stereocenters. The van der Waals surface area contributed by atoms with Crippen LogP contribution in [0.15, 0.2) is 0 Å². The van der Waals surface area contributed by atoms with Crippen LogP contribution in [0.25, 0.3) is 0 Å². The summed E-state index contributed by atoms with van der Waals surface area (Å²) in [6.45, 7) is 9.52. The third kappa shape index (κ3) is 6.63. The second kappa shape index (κ2) is 10.0. The normalized spacial score (nSPS) is 22.2. The number of ketones is 1. The first-order valence-electron chi connectivity index (χ1n) is 10.1. The van der Waals surface area contributed by atoms with Crippen molar-refractivity contribution in [3.63, 3.8) is 0 Å². The van der Waals surface area contributed by atoms with Crippen molar-refractivity contribution in [1.82, 2.24) is 9.96 Å². The summed E-state index contributed by atoms with van der Waals surface area (Å²) in [7, 11) is 3.77. The first-order chi connectivity index (χ1) is 11.9. The van der Waals surface area contributed by atoms with Gasteiger partial charge in [0.05, 0.1) is 19.8 Å². The average molecular weight is 355 g/mol. The fraction of sp³-hybridized carbons (Fsp3) is 0.950. The van der Waals surface area contributed by atoms with E-state index in [9.17, 15) is 4.79 Å². The molecule has 0 amide bonds. The van der Waals surface area contributed by atoms with Gasteiger partial charge >= 0.3 is 0 Å². The summed E-state index contributed by atoms with van der Waals surface area (Å²) >= 11 is 0. The van der Waals surface area contributed by atoms with Gasteiger partial charge in [-0.1, -0.05) is 13.8 Å². The van der Waals surface area contributed by atoms with Crippen molar-refractivity contribution in [2.75, 3.05) is 53.6 Å². The minimum atomic E-state index is 0.198. The van der Waals surface area contributed by atoms with E-state index in [0.29, 0.717) is 30.3 Å². The molecule has 1 aliphatic carbocycles. The van der Waals surface area contributed by atoms with Gasteiger partial charge in [0.1, 0.15) is 5.78 Å². The van der Waals surface area contributed by atoms with Gasteiger partial charge in [0.15, 0.2) is 0 Å². The van der Waals surface area contributed by atoms with Crippen LogP contribution in [0.3, 0.4) is 0 Å². The number of hydrogen-bond donors (Lipinski definition) is 0. The molecule has 5 heteroatoms. The highest BCUT2D eigenvalue weighted by atomic mass is 16.7. The molecule has 1 spiro atoms. The van der Waals surface area contributed by atoms with Crippen LogP contribution in [0.4, 0.5) is 0 Å². The number of rotatable bonds is 9. The number of carbonyl (C=O) groups excluding carboxylic acids is 1. The van der Waals surface area contributed by atoms with Gasteiger partial charge in [0.25, 0.3) is 0 Å². The van der Waals surface area contributed by atoms with E-state index in [-0.39, 0.29) is 5.92 Å². The van der Waals surface area contributed by atoms with Crippen molar-refractivity contribution in [2.45, 2.75) is 52.4 Å². The van der Waals surface area contributed by atoms with Gasteiger partial charge in [0, 0.05) is 32.5 Å². The van der Waals surface area contributed by atoms with E-state index in [0.717, 1.165) is 26.0 Å². The molecule has 0 bridgehead atoms. The predicted octanol–water partition coefficient (Wildman–Crippen LogP) is 2.99. The summed E-state index contributed by atoms with van der Waals surface area (Å²) in [4.78, 5) is 20.1. The monoisotopic (exact) mass is 354 g/mol. The lowest BCUT2D eigenvalue weighted by atomic mass is 9.64. The first-order valence-corrected chi connectivity index (χ1v) is 10.1. The lowest BCUT2D eigenvalue weighted by Crippen LogP contribution is -2.43. The van der Waals surface area contributed by atoms with E-state index in [4.69, 9.17) is 9.57 Å². The number of nitrogens with zero attached hydrogens (tertiary/aromatic N) is 2. The minimum absolute atomic E-state index is 0.198. The van der Waals surface area contributed by atoms with Crippen LogP contribution >= 0.6 is 0 Å². The smallest absolute Gasteiger partial charge is 0.138 e. The molecule has 1 heterocycles. The zero-order valence-electron chi connectivity index (χ0n) is 16.8. The number of carbonyl (C=O) groups is 1. The van der Waals surface area contributed by atoms with E-state index in [1.807, 2.05) is 27.9 Å². The Kier molecular flexibility index (Phi) is 8.33. The van der Waals surface area contributed by atoms with Crippen LogP contribution in [0.5, 0.6) is 0 Å². The summed E-state index contributed by atoms with van der Waals surface area (Å²) in [5, 5.41) is 1.71. The van der Waals surface area contributed by atoms with Crippen LogP contribution in [0.2, 0.25) is 0 Å². The Morgan fingerprint density at radius 1 is 1.08 bits per heavy atom. The number of Topliss-reactive ketones (excluding diaryl/α,β-unsaturated/α-hetero) is 1. The van der Waals surface area contributed by atoms with Crippen LogP contribution in [0, 0.1) is 17.3 Å². The highest BCUT2D eigenvalue weighted by Crippen LogP contribution is 2.46. The molecule has 5 nitrogen and oxygen atoms in total. The van der Waals surface area contributed by atoms with Crippen molar-refractivity contribution in [3.05, 3.63) is 0 Å². The summed E-state index contributed by atoms with van der Waals surface area (Å²) < 4.78 is 5.66. The summed E-state index contributed by atoms with van der Waals surface area (Å²) in [5.41, 5.74) is 0.519. The molecule has 0 aromatic heterocycles. The largest absolute Gasteiger partial charge is 0.378 e. The fourth-order valence-corrected chi connectivity index (χ4v) is 4.31. The highest BCUT2D eigenvalue weighted by molar-refractivity contribution is 5.82. The number of likely N-dealkylation sites (tertiary alicyclic amines) is 1. The van der Waals surface area contributed by atoms with Crippen molar-refractivity contribution in [2.24, 2.45) is 17.3 Å². The maximum Gasteiger partial charge on any atom is 0.138 e. The summed E-state index contributed by atoms with van der Waals surface area (Å²) in [6.07, 6.45) is 7.32. The molecule has 1 aliphatic heterocycles. The van der Waals surface area contributed by atoms with Gasteiger partial charge in [-0.3, -0.25) is 9.63 Å². The Bertz CT molecular complexity index is 394. The summed E-state index contributed by atoms with van der Waals surface area (Å²) in [5.74, 6) is 1.02. The Labute approximate surface area is 154 Å². The Hall–Kier alpha value is -0.490. The molecule has 25 heavy (non-hydrogen) atoms. The first kappa shape index (κ1) is 20.8. The van der Waals surface area contributed by atoms with Gasteiger partial charge < -0.3 is 9.64 Å². The quantitative estimate of drug-likeness (QED) is 0.470. The fourth-order valence-electron chi connectivity index (χ4n) is 4.31. The van der Waals surface area contributed by atoms with E-state index < -0.39 is 0 Å². The van der Waals surface area contributed by atoms with Gasteiger partial charge in [-0.05, 0) is 57.0 Å². The zero-order valence-corrected chi connectivity index (χ0v) is 16.8. The number of hydrogen-bond acceptors (Lipinski definition) is 5. The molecular weight excluding hydrogens is 316 g/mol. The van der Waals surface area contributed by atoms with E-state index in [1.165, 1.54) is 38.8 Å². The molecule has 0 N–H and O–H groups in total. The lowest BCUT2D eigenvalue weighted by Gasteiger charge is -2.46. The minimum Gasteiger partial charge on any atom is -0.378 e. The topological polar surface area (TPSA) is 42.0 Å². The predicted molar refractivity (Wildman–Crippen MR) is 100 cm³/mol. The average Bonchev–Trinajstić information content (AvgIpc) is 2.59. The third-order valence-electron chi connectivity index (χ3n) is 6.06. The van der Waals surface area contributed by atoms with Crippen LogP contribution in [-0.4, -0.2) is 69.3 Å². The highest BCUT2D eigenvalue weighted by Gasteiger charge is 2.39. The molecular formula is C20H38N2O3. The maximum absolute atomic E-state index is 12.2. The standard InChI is InChI=1S/C20H38N2O3/c1-17(2)19(23)18-5-7-20(8-6-18)9-11-22(12-10-20)13-14-24-15-16-25-21(3)4/h17-18H,5-16H2,1-4H3. The summed E-state index contributed by atoms with van der Waals surface area (Å²) in [6, 6.07) is 0. The van der Waals surface area contributed by atoms with Gasteiger partial charge in [-0.2, -0.15) is 5.06 Å². The molecule has 0 unspecified atom stereocenters. The second-order valence-electron chi connectivity index (χ2n) is 8.43. The molecule has 2 fully saturated rings. The van der Waals surface area contributed by atoms with Gasteiger partial charge in [-0.15, -0.1) is 0 Å². The van der Waals surface area contributed by atoms with Crippen LogP contribution in [0.1, 0.15) is 52.4 Å². The number of hydroxylamine groups is 2. The maximum atomic E-state index is 12.2. The van der Waals surface area contributed by atoms with Crippen molar-refractivity contribution < 1.29 is 14.4 Å². The molecule has 0 aromatic rings. The van der Waals surface area contributed by atoms with Crippen molar-refractivity contribution in [1.29, 1.82) is 0 Å². The SMILES string of the molecule is CC(C)C(=O)C1CCC2(CC1)CCN(CCOCCON(C)C)CC2. The Balaban J connectivity index is 1.59. The van der Waals surface area contributed by atoms with Crippen LogP contribution < -0.4 is 0 Å². The van der Waals surface area contributed by atoms with E-state index in [2.05, 4.69) is 4.90 Å². The van der Waals surface area contributed by atoms with Gasteiger partial charge in [0.2, 0.25) is 0 Å². The second-order valence-corrected chi connectivity index (χ2v) is 8.43. The van der Waals surface area contributed by atoms with Gasteiger partial charge in [-0.25, -0.2) is 0 Å². The van der Waals surface area contributed by atoms with Crippen molar-refractivity contribution in [3.8, 4) is 0 Å². The zero-order chi connectivity index (χ0) is 18.3. The number of piperidine rings is 1. The Morgan fingerprint density at radius 3 is 2.28 bits per heavy atom. The van der Waals surface area contributed by atoms with E-state index >= 15 is 0 Å². The molecule has 0 aromatic carbocycles. The molecule has 1 saturated carbocycles. The molecule has 1 saturated heterocycles. The lowest BCUT2D eigenvalue weighted by molar-refractivity contribution is -0.134. The Morgan fingerprint density at radius 2 is 1.72 bits per heavy atom. The third-order valence-corrected chi connectivity index (χ3v) is 6.06. The van der Waals surface area contributed by atoms with Crippen molar-refractivity contribution >= 4 is 5.78 Å². The molecule has 0 radical (unpaired) electrons. The molecule has 2 aliphatic rings. The number of ether oxygens (including phenoxy) is 1. The van der Waals surface area contributed by atoms with E-state index in [1.54, 1.807) is 5.06 Å². The van der Waals surface area contributed by atoms with Crippen LogP contribution in [-0.2, 0) is 14.4 Å².